The average Bonchev–Trinajstić information content (AvgIpc) is 2.73. The molecule has 0 spiro atoms. The second-order valence-corrected chi connectivity index (χ2v) is 6.42. The highest BCUT2D eigenvalue weighted by Gasteiger charge is 2.61. The minimum absolute atomic E-state index is 0.476. The zero-order chi connectivity index (χ0) is 19.8. The van der Waals surface area contributed by atoms with Gasteiger partial charge in [0, 0.05) is 12.8 Å². The lowest BCUT2D eigenvalue weighted by molar-refractivity contribution is -0.211. The van der Waals surface area contributed by atoms with Crippen LogP contribution in [0.3, 0.4) is 0 Å². The molecule has 2 amide bonds. The van der Waals surface area contributed by atoms with Crippen molar-refractivity contribution in [2.75, 3.05) is 0 Å². The maximum absolute atomic E-state index is 11.7. The largest absolute Gasteiger partial charge is 0.449 e. The normalized spacial score (nSPS) is 19.3. The number of amides is 2. The predicted molar refractivity (Wildman–Crippen MR) is 67.3 cm³/mol. The van der Waals surface area contributed by atoms with Crippen molar-refractivity contribution in [1.29, 1.82) is 0 Å². The first-order valence-corrected chi connectivity index (χ1v) is 8.51. The van der Waals surface area contributed by atoms with Gasteiger partial charge in [0.1, 0.15) is 0 Å². The van der Waals surface area contributed by atoms with Crippen molar-refractivity contribution in [3.05, 3.63) is 0 Å². The first-order chi connectivity index (χ1) is 11.1. The Morgan fingerprint density at radius 3 is 1.76 bits per heavy atom. The highest BCUT2D eigenvalue weighted by atomic mass is 32.3. The summed E-state index contributed by atoms with van der Waals surface area (Å²) in [4.78, 5) is 45.9. The van der Waals surface area contributed by atoms with Gasteiger partial charge in [-0.25, -0.2) is 14.5 Å². The number of hydrogen-bond acceptors (Lipinski definition) is 12. The first kappa shape index (κ1) is 20.9. The zero-order valence-corrected chi connectivity index (χ0v) is 13.3. The fraction of sp³-hybridized carbons (Fsp3) is 0.500. The van der Waals surface area contributed by atoms with Gasteiger partial charge in [0.2, 0.25) is 17.9 Å². The summed E-state index contributed by atoms with van der Waals surface area (Å²) in [6.45, 7) is 0. The molecule has 15 nitrogen and oxygen atoms in total. The monoisotopic (exact) mass is 407 g/mol. The van der Waals surface area contributed by atoms with Crippen molar-refractivity contribution < 1.29 is 63.7 Å². The third kappa shape index (κ3) is 4.67. The van der Waals surface area contributed by atoms with E-state index >= 15 is 0 Å². The zero-order valence-electron chi connectivity index (χ0n) is 11.6. The number of aliphatic hydroxyl groups excluding tert-OH is 1. The molecule has 0 aromatic carbocycles. The molecule has 2 atom stereocenters. The number of imide groups is 1. The van der Waals surface area contributed by atoms with Crippen molar-refractivity contribution in [2.24, 2.45) is 0 Å². The fourth-order valence-electron chi connectivity index (χ4n) is 1.75. The van der Waals surface area contributed by atoms with Crippen LogP contribution in [0.1, 0.15) is 12.8 Å². The Bertz CT molecular complexity index is 811. The SMILES string of the molecule is O=C(OS(=O)(=O)O)[C@H](O)[C@@](O)(C(=O)OS(=O)(=O)O)N1C(=O)CCC1=O. The van der Waals surface area contributed by atoms with Crippen molar-refractivity contribution >= 4 is 44.6 Å². The Morgan fingerprint density at radius 1 is 1.00 bits per heavy atom. The molecule has 1 rings (SSSR count). The molecule has 0 aliphatic carbocycles. The molecule has 0 aromatic rings. The van der Waals surface area contributed by atoms with Gasteiger partial charge >= 0.3 is 32.7 Å². The fourth-order valence-corrected chi connectivity index (χ4v) is 2.37. The molecule has 0 radical (unpaired) electrons. The van der Waals surface area contributed by atoms with Crippen molar-refractivity contribution in [3.63, 3.8) is 0 Å². The molecule has 17 heteroatoms. The smallest absolute Gasteiger partial charge is 0.377 e. The molecule has 142 valence electrons. The van der Waals surface area contributed by atoms with Gasteiger partial charge in [0.25, 0.3) is 5.72 Å². The minimum atomic E-state index is -5.66. The topological polar surface area (TPSA) is 239 Å². The lowest BCUT2D eigenvalue weighted by Crippen LogP contribution is -2.66. The van der Waals surface area contributed by atoms with Gasteiger partial charge in [-0.05, 0) is 0 Å². The van der Waals surface area contributed by atoms with E-state index in [2.05, 4.69) is 8.37 Å². The van der Waals surface area contributed by atoms with Crippen LogP contribution < -0.4 is 0 Å². The molecule has 0 bridgehead atoms. The summed E-state index contributed by atoms with van der Waals surface area (Å²) >= 11 is 0. The third-order valence-electron chi connectivity index (χ3n) is 2.67. The number of carbonyl (C=O) groups excluding carboxylic acids is 4. The van der Waals surface area contributed by atoms with Crippen LogP contribution in [-0.4, -0.2) is 76.6 Å². The Balaban J connectivity index is 3.41. The van der Waals surface area contributed by atoms with E-state index in [-0.39, 0.29) is 0 Å². The summed E-state index contributed by atoms with van der Waals surface area (Å²) in [7, 11) is -11.2. The van der Waals surface area contributed by atoms with Gasteiger partial charge in [0.05, 0.1) is 0 Å². The summed E-state index contributed by atoms with van der Waals surface area (Å²) in [6.07, 6.45) is -4.71. The maximum atomic E-state index is 11.7. The number of nitrogens with zero attached hydrogens (tertiary/aromatic N) is 1. The molecular formula is C8H9NO14S2. The van der Waals surface area contributed by atoms with E-state index in [1.165, 1.54) is 0 Å². The molecule has 1 saturated heterocycles. The number of aliphatic hydroxyl groups is 2. The molecule has 1 aliphatic rings. The molecule has 1 heterocycles. The minimum Gasteiger partial charge on any atom is -0.377 e. The van der Waals surface area contributed by atoms with Crippen LogP contribution in [0.25, 0.3) is 0 Å². The Labute approximate surface area is 138 Å². The quantitative estimate of drug-likeness (QED) is 0.241. The lowest BCUT2D eigenvalue weighted by atomic mass is 10.1. The first-order valence-electron chi connectivity index (χ1n) is 5.78. The lowest BCUT2D eigenvalue weighted by Gasteiger charge is -2.34. The molecule has 0 unspecified atom stereocenters. The van der Waals surface area contributed by atoms with E-state index in [1.807, 2.05) is 0 Å². The van der Waals surface area contributed by atoms with Crippen LogP contribution in [0, 0.1) is 0 Å². The van der Waals surface area contributed by atoms with Crippen molar-refractivity contribution in [2.45, 2.75) is 24.7 Å². The summed E-state index contributed by atoms with van der Waals surface area (Å²) < 4.78 is 65.4. The van der Waals surface area contributed by atoms with Crippen molar-refractivity contribution in [1.82, 2.24) is 4.90 Å². The second kappa shape index (κ2) is 6.61. The molecule has 4 N–H and O–H groups in total. The summed E-state index contributed by atoms with van der Waals surface area (Å²) in [5, 5.41) is 19.8. The summed E-state index contributed by atoms with van der Waals surface area (Å²) in [5.41, 5.74) is -4.12. The van der Waals surface area contributed by atoms with Gasteiger partial charge in [-0.2, -0.15) is 16.8 Å². The standard InChI is InChI=1S/C8H9NO14S2/c10-3-1-2-4(11)9(3)8(15,7(14)23-25(19,20)21)5(12)6(13)22-24(16,17)18/h5,12,15H,1-2H2,(H,16,17,18)(H,19,20,21)/t5-,8+/m0/s1. The van der Waals surface area contributed by atoms with Crippen molar-refractivity contribution in [3.8, 4) is 0 Å². The van der Waals surface area contributed by atoms with E-state index in [0.717, 1.165) is 0 Å². The van der Waals surface area contributed by atoms with E-state index < -0.39 is 74.1 Å². The Kier molecular flexibility index (Phi) is 5.52. The Hall–Kier alpha value is -2.18. The van der Waals surface area contributed by atoms with Gasteiger partial charge in [0.15, 0.2) is 0 Å². The highest BCUT2D eigenvalue weighted by Crippen LogP contribution is 2.28. The molecular weight excluding hydrogens is 398 g/mol. The van der Waals surface area contributed by atoms with Crippen LogP contribution >= 0.6 is 0 Å². The predicted octanol–water partition coefficient (Wildman–Crippen LogP) is -4.12. The highest BCUT2D eigenvalue weighted by molar-refractivity contribution is 7.81. The number of rotatable bonds is 6. The van der Waals surface area contributed by atoms with Crippen LogP contribution in [0.4, 0.5) is 0 Å². The molecule has 25 heavy (non-hydrogen) atoms. The van der Waals surface area contributed by atoms with Gasteiger partial charge in [-0.15, -0.1) is 0 Å². The third-order valence-corrected chi connectivity index (χ3v) is 3.40. The summed E-state index contributed by atoms with van der Waals surface area (Å²) in [5.74, 6) is -7.87. The van der Waals surface area contributed by atoms with Gasteiger partial charge in [-0.3, -0.25) is 18.7 Å². The maximum Gasteiger partial charge on any atom is 0.449 e. The van der Waals surface area contributed by atoms with Gasteiger partial charge < -0.3 is 18.6 Å². The number of likely N-dealkylation sites (tertiary alicyclic amines) is 1. The summed E-state index contributed by atoms with van der Waals surface area (Å²) in [6, 6.07) is 0. The van der Waals surface area contributed by atoms with E-state index in [0.29, 0.717) is 0 Å². The van der Waals surface area contributed by atoms with Crippen LogP contribution in [0.15, 0.2) is 0 Å². The van der Waals surface area contributed by atoms with E-state index in [4.69, 9.17) is 9.11 Å². The Morgan fingerprint density at radius 2 is 1.40 bits per heavy atom. The van der Waals surface area contributed by atoms with E-state index in [1.54, 1.807) is 0 Å². The number of hydrogen-bond donors (Lipinski definition) is 4. The molecule has 0 saturated carbocycles. The molecule has 1 fully saturated rings. The molecule has 1 aliphatic heterocycles. The number of carbonyl (C=O) groups is 4. The van der Waals surface area contributed by atoms with Gasteiger partial charge in [-0.1, -0.05) is 0 Å². The average molecular weight is 407 g/mol. The van der Waals surface area contributed by atoms with Crippen LogP contribution in [-0.2, 0) is 48.3 Å². The van der Waals surface area contributed by atoms with Crippen LogP contribution in [0.2, 0.25) is 0 Å². The molecule has 0 aromatic heterocycles. The van der Waals surface area contributed by atoms with E-state index in [9.17, 15) is 46.2 Å². The second-order valence-electron chi connectivity index (χ2n) is 4.38. The van der Waals surface area contributed by atoms with Crippen LogP contribution in [0.5, 0.6) is 0 Å².